The van der Waals surface area contributed by atoms with Crippen molar-refractivity contribution in [1.82, 2.24) is 19.9 Å². The number of ether oxygens (including phenoxy) is 1. The molecule has 1 aliphatic rings. The van der Waals surface area contributed by atoms with Gasteiger partial charge in [0.15, 0.2) is 5.82 Å². The monoisotopic (exact) mass is 359 g/mol. The summed E-state index contributed by atoms with van der Waals surface area (Å²) in [5, 5.41) is 0. The molecule has 0 amide bonds. The number of nitrogens with zero attached hydrogens (tertiary/aromatic N) is 3. The molecule has 0 bridgehead atoms. The number of unbranched alkanes of at least 4 members (excludes halogenated alkanes) is 3. The van der Waals surface area contributed by atoms with Gasteiger partial charge in [0.05, 0.1) is 5.52 Å². The van der Waals surface area contributed by atoms with E-state index in [1.54, 1.807) is 0 Å². The molecule has 0 saturated carbocycles. The average Bonchev–Trinajstić information content (AvgIpc) is 3.00. The summed E-state index contributed by atoms with van der Waals surface area (Å²) in [5.74, 6) is 1.40. The highest BCUT2D eigenvalue weighted by Gasteiger charge is 2.26. The van der Waals surface area contributed by atoms with Crippen molar-refractivity contribution in [2.24, 2.45) is 0 Å². The predicted octanol–water partition coefficient (Wildman–Crippen LogP) is 2.45. The fourth-order valence-electron chi connectivity index (χ4n) is 3.46. The van der Waals surface area contributed by atoms with Crippen molar-refractivity contribution in [3.05, 3.63) is 17.6 Å². The third-order valence-corrected chi connectivity index (χ3v) is 5.02. The molecule has 1 saturated heterocycles. The van der Waals surface area contributed by atoms with Crippen LogP contribution in [0.15, 0.2) is 6.20 Å². The first-order valence-corrected chi connectivity index (χ1v) is 9.65. The van der Waals surface area contributed by atoms with E-state index in [9.17, 15) is 4.79 Å². The summed E-state index contributed by atoms with van der Waals surface area (Å²) in [6, 6.07) is 0. The second-order valence-electron chi connectivity index (χ2n) is 7.09. The Morgan fingerprint density at radius 3 is 2.88 bits per heavy atom. The number of rotatable bonds is 11. The number of nitrogens with one attached hydrogen (secondary N) is 1. The van der Waals surface area contributed by atoms with Crippen molar-refractivity contribution in [3.63, 3.8) is 0 Å². The molecule has 2 aromatic rings. The molecule has 142 valence electrons. The number of carbonyl (C=O) groups excluding carboxylic acids is 1. The number of nitrogen functional groups attached to an aromatic ring is 1. The largest absolute Gasteiger partial charge is 0.462 e. The van der Waals surface area contributed by atoms with E-state index in [4.69, 9.17) is 15.5 Å². The number of carbonyl (C=O) groups is 1. The maximum Gasteiger partial charge on any atom is 0.293 e. The normalized spacial score (nSPS) is 15.3. The molecule has 7 nitrogen and oxygen atoms in total. The summed E-state index contributed by atoms with van der Waals surface area (Å²) in [6.07, 6.45) is 9.68. The number of aromatic nitrogens is 3. The Balaban J connectivity index is 1.45. The second kappa shape index (κ2) is 8.98. The van der Waals surface area contributed by atoms with Gasteiger partial charge in [-0.2, -0.15) is 0 Å². The van der Waals surface area contributed by atoms with Gasteiger partial charge in [-0.05, 0) is 37.8 Å². The Kier molecular flexibility index (Phi) is 6.44. The number of hydrogen-bond donors (Lipinski definition) is 2. The van der Waals surface area contributed by atoms with Crippen LogP contribution in [0, 0.1) is 0 Å². The van der Waals surface area contributed by atoms with Crippen LogP contribution < -0.4 is 5.73 Å². The highest BCUT2D eigenvalue weighted by molar-refractivity contribution is 5.87. The standard InChI is InChI=1S/C19H29N5O2/c1-2-3-8-16-22-17-14(10-21-18(17)19(20)23-16)7-5-4-6-9-24-11-15(12-24)26-13-25/h10,13,15,21H,2-9,11-12H2,1H3,(H2,20,22,23). The third-order valence-electron chi connectivity index (χ3n) is 5.02. The summed E-state index contributed by atoms with van der Waals surface area (Å²) >= 11 is 0. The van der Waals surface area contributed by atoms with Gasteiger partial charge < -0.3 is 15.5 Å². The van der Waals surface area contributed by atoms with E-state index < -0.39 is 0 Å². The van der Waals surface area contributed by atoms with Crippen molar-refractivity contribution in [3.8, 4) is 0 Å². The van der Waals surface area contributed by atoms with E-state index in [1.165, 1.54) is 12.0 Å². The molecule has 2 aromatic heterocycles. The molecular weight excluding hydrogens is 330 g/mol. The van der Waals surface area contributed by atoms with Gasteiger partial charge in [0.2, 0.25) is 0 Å². The van der Waals surface area contributed by atoms with Crippen molar-refractivity contribution < 1.29 is 9.53 Å². The zero-order valence-corrected chi connectivity index (χ0v) is 15.5. The Bertz CT molecular complexity index is 724. The zero-order chi connectivity index (χ0) is 18.4. The highest BCUT2D eigenvalue weighted by atomic mass is 16.5. The van der Waals surface area contributed by atoms with Gasteiger partial charge >= 0.3 is 0 Å². The molecule has 1 aliphatic heterocycles. The minimum Gasteiger partial charge on any atom is -0.462 e. The fourth-order valence-corrected chi connectivity index (χ4v) is 3.46. The average molecular weight is 359 g/mol. The smallest absolute Gasteiger partial charge is 0.293 e. The molecule has 1 fully saturated rings. The van der Waals surface area contributed by atoms with Crippen LogP contribution in [0.25, 0.3) is 11.0 Å². The van der Waals surface area contributed by atoms with Crippen LogP contribution in [-0.2, 0) is 22.4 Å². The Morgan fingerprint density at radius 1 is 1.27 bits per heavy atom. The van der Waals surface area contributed by atoms with Crippen LogP contribution in [-0.4, -0.2) is 52.1 Å². The second-order valence-corrected chi connectivity index (χ2v) is 7.09. The van der Waals surface area contributed by atoms with E-state index in [2.05, 4.69) is 21.8 Å². The van der Waals surface area contributed by atoms with Crippen LogP contribution in [0.2, 0.25) is 0 Å². The summed E-state index contributed by atoms with van der Waals surface area (Å²) in [6.45, 7) is 5.53. The molecule has 0 aromatic carbocycles. The van der Waals surface area contributed by atoms with Gasteiger partial charge in [-0.1, -0.05) is 19.8 Å². The molecule has 26 heavy (non-hydrogen) atoms. The number of aromatic amines is 1. The number of H-pyrrole nitrogens is 1. The molecule has 0 atom stereocenters. The Morgan fingerprint density at radius 2 is 2.12 bits per heavy atom. The first-order valence-electron chi connectivity index (χ1n) is 9.65. The van der Waals surface area contributed by atoms with E-state index >= 15 is 0 Å². The van der Waals surface area contributed by atoms with Crippen molar-refractivity contribution in [1.29, 1.82) is 0 Å². The van der Waals surface area contributed by atoms with E-state index in [1.807, 2.05) is 6.20 Å². The number of anilines is 1. The molecule has 0 spiro atoms. The SMILES string of the molecule is CCCCc1nc(N)c2[nH]cc(CCCCCN3CC(OC=O)C3)c2n1. The highest BCUT2D eigenvalue weighted by Crippen LogP contribution is 2.23. The number of aryl methyl sites for hydroxylation is 2. The lowest BCUT2D eigenvalue weighted by molar-refractivity contribution is -0.141. The van der Waals surface area contributed by atoms with Gasteiger partial charge in [-0.15, -0.1) is 0 Å². The minimum absolute atomic E-state index is 0.103. The number of hydrogen-bond acceptors (Lipinski definition) is 6. The number of likely N-dealkylation sites (tertiary alicyclic amines) is 1. The van der Waals surface area contributed by atoms with Gasteiger partial charge in [0, 0.05) is 25.7 Å². The van der Waals surface area contributed by atoms with Crippen LogP contribution in [0.3, 0.4) is 0 Å². The molecule has 3 rings (SSSR count). The van der Waals surface area contributed by atoms with E-state index in [-0.39, 0.29) is 6.10 Å². The Hall–Kier alpha value is -2.15. The molecule has 0 unspecified atom stereocenters. The molecule has 3 heterocycles. The van der Waals surface area contributed by atoms with Crippen LogP contribution in [0.5, 0.6) is 0 Å². The number of fused-ring (bicyclic) bond motifs is 1. The maximum absolute atomic E-state index is 10.3. The summed E-state index contributed by atoms with van der Waals surface area (Å²) < 4.78 is 4.92. The fraction of sp³-hybridized carbons (Fsp3) is 0.632. The summed E-state index contributed by atoms with van der Waals surface area (Å²) in [4.78, 5) is 25.0. The van der Waals surface area contributed by atoms with Gasteiger partial charge in [-0.3, -0.25) is 9.69 Å². The van der Waals surface area contributed by atoms with Crippen molar-refractivity contribution in [2.75, 3.05) is 25.4 Å². The van der Waals surface area contributed by atoms with Crippen LogP contribution in [0.1, 0.15) is 50.4 Å². The maximum atomic E-state index is 10.3. The predicted molar refractivity (Wildman–Crippen MR) is 102 cm³/mol. The summed E-state index contributed by atoms with van der Waals surface area (Å²) in [5.41, 5.74) is 9.17. The first kappa shape index (κ1) is 18.6. The lowest BCUT2D eigenvalue weighted by atomic mass is 10.1. The Labute approximate surface area is 154 Å². The quantitative estimate of drug-likeness (QED) is 0.472. The molecule has 0 aliphatic carbocycles. The third kappa shape index (κ3) is 4.52. The van der Waals surface area contributed by atoms with Gasteiger partial charge in [0.25, 0.3) is 6.47 Å². The van der Waals surface area contributed by atoms with Crippen molar-refractivity contribution >= 4 is 23.3 Å². The lowest BCUT2D eigenvalue weighted by Gasteiger charge is -2.37. The van der Waals surface area contributed by atoms with E-state index in [0.717, 1.165) is 75.0 Å². The zero-order valence-electron chi connectivity index (χ0n) is 15.5. The van der Waals surface area contributed by atoms with Gasteiger partial charge in [-0.25, -0.2) is 9.97 Å². The van der Waals surface area contributed by atoms with Crippen LogP contribution in [0.4, 0.5) is 5.82 Å². The van der Waals surface area contributed by atoms with Crippen molar-refractivity contribution in [2.45, 2.75) is 58.0 Å². The summed E-state index contributed by atoms with van der Waals surface area (Å²) in [7, 11) is 0. The van der Waals surface area contributed by atoms with E-state index in [0.29, 0.717) is 12.3 Å². The molecule has 3 N–H and O–H groups in total. The molecule has 0 radical (unpaired) electrons. The lowest BCUT2D eigenvalue weighted by Crippen LogP contribution is -2.52. The topological polar surface area (TPSA) is 97.1 Å². The van der Waals surface area contributed by atoms with Gasteiger partial charge in [0.1, 0.15) is 17.4 Å². The molecule has 7 heteroatoms. The first-order chi connectivity index (χ1) is 12.7. The van der Waals surface area contributed by atoms with Crippen LogP contribution >= 0.6 is 0 Å². The minimum atomic E-state index is 0.103. The molecular formula is C19H29N5O2. The number of nitrogens with two attached hydrogens (primary N) is 1.